The molecule has 0 aliphatic carbocycles. The molecule has 0 saturated carbocycles. The second-order valence-corrected chi connectivity index (χ2v) is 2.51. The SMILES string of the molecule is C#CC(CC)Nc1ccncc1. The third-order valence-electron chi connectivity index (χ3n) is 1.63. The van der Waals surface area contributed by atoms with Crippen LogP contribution in [0.1, 0.15) is 13.3 Å². The lowest BCUT2D eigenvalue weighted by Crippen LogP contribution is -2.15. The van der Waals surface area contributed by atoms with Gasteiger partial charge in [-0.3, -0.25) is 4.98 Å². The average molecular weight is 160 g/mol. The van der Waals surface area contributed by atoms with E-state index in [0.717, 1.165) is 12.1 Å². The van der Waals surface area contributed by atoms with Crippen molar-refractivity contribution in [2.75, 3.05) is 5.32 Å². The van der Waals surface area contributed by atoms with Crippen molar-refractivity contribution in [3.63, 3.8) is 0 Å². The molecule has 1 aromatic heterocycles. The van der Waals surface area contributed by atoms with Crippen LogP contribution in [0.5, 0.6) is 0 Å². The third kappa shape index (κ3) is 2.28. The molecule has 1 heterocycles. The maximum atomic E-state index is 5.30. The standard InChI is InChI=1S/C10H12N2/c1-3-9(4-2)12-10-5-7-11-8-6-10/h1,5-9H,4H2,2H3,(H,11,12). The summed E-state index contributed by atoms with van der Waals surface area (Å²) in [5.41, 5.74) is 1.02. The molecule has 1 unspecified atom stereocenters. The topological polar surface area (TPSA) is 24.9 Å². The Morgan fingerprint density at radius 3 is 2.75 bits per heavy atom. The van der Waals surface area contributed by atoms with E-state index in [0.29, 0.717) is 0 Å². The number of terminal acetylenes is 1. The first-order chi connectivity index (χ1) is 5.86. The summed E-state index contributed by atoms with van der Waals surface area (Å²) in [4.78, 5) is 3.91. The summed E-state index contributed by atoms with van der Waals surface area (Å²) in [7, 11) is 0. The van der Waals surface area contributed by atoms with Gasteiger partial charge in [0.1, 0.15) is 0 Å². The molecule has 0 amide bonds. The molecule has 0 fully saturated rings. The number of aromatic nitrogens is 1. The van der Waals surface area contributed by atoms with Crippen LogP contribution in [-0.2, 0) is 0 Å². The first-order valence-corrected chi connectivity index (χ1v) is 3.99. The van der Waals surface area contributed by atoms with E-state index in [1.54, 1.807) is 12.4 Å². The second kappa shape index (κ2) is 4.40. The zero-order valence-electron chi connectivity index (χ0n) is 7.12. The van der Waals surface area contributed by atoms with Gasteiger partial charge in [-0.1, -0.05) is 12.8 Å². The molecule has 12 heavy (non-hydrogen) atoms. The zero-order chi connectivity index (χ0) is 8.81. The Hall–Kier alpha value is -1.49. The van der Waals surface area contributed by atoms with E-state index in [-0.39, 0.29) is 6.04 Å². The highest BCUT2D eigenvalue weighted by molar-refractivity contribution is 5.43. The second-order valence-electron chi connectivity index (χ2n) is 2.51. The zero-order valence-corrected chi connectivity index (χ0v) is 7.12. The highest BCUT2D eigenvalue weighted by Crippen LogP contribution is 2.06. The number of hydrogen-bond acceptors (Lipinski definition) is 2. The average Bonchev–Trinajstić information content (AvgIpc) is 2.16. The summed E-state index contributed by atoms with van der Waals surface area (Å²) in [5.74, 6) is 2.67. The number of hydrogen-bond donors (Lipinski definition) is 1. The van der Waals surface area contributed by atoms with Gasteiger partial charge in [0.15, 0.2) is 0 Å². The molecule has 0 bridgehead atoms. The highest BCUT2D eigenvalue weighted by Gasteiger charge is 1.99. The molecule has 2 heteroatoms. The minimum Gasteiger partial charge on any atom is -0.371 e. The van der Waals surface area contributed by atoms with Gasteiger partial charge < -0.3 is 5.32 Å². The van der Waals surface area contributed by atoms with E-state index >= 15 is 0 Å². The molecule has 0 aliphatic heterocycles. The van der Waals surface area contributed by atoms with E-state index in [1.165, 1.54) is 0 Å². The first-order valence-electron chi connectivity index (χ1n) is 3.99. The van der Waals surface area contributed by atoms with Gasteiger partial charge in [0.25, 0.3) is 0 Å². The van der Waals surface area contributed by atoms with E-state index in [4.69, 9.17) is 6.42 Å². The van der Waals surface area contributed by atoms with Crippen molar-refractivity contribution in [2.24, 2.45) is 0 Å². The molecule has 0 spiro atoms. The van der Waals surface area contributed by atoms with Gasteiger partial charge in [0.05, 0.1) is 6.04 Å². The summed E-state index contributed by atoms with van der Waals surface area (Å²) >= 11 is 0. The van der Waals surface area contributed by atoms with Crippen LogP contribution < -0.4 is 5.32 Å². The highest BCUT2D eigenvalue weighted by atomic mass is 14.9. The number of pyridine rings is 1. The molecule has 1 atom stereocenters. The Balaban J connectivity index is 2.58. The van der Waals surface area contributed by atoms with Crippen molar-refractivity contribution in [1.82, 2.24) is 4.98 Å². The number of nitrogens with one attached hydrogen (secondary N) is 1. The maximum absolute atomic E-state index is 5.30. The monoisotopic (exact) mass is 160 g/mol. The van der Waals surface area contributed by atoms with Gasteiger partial charge in [-0.2, -0.15) is 0 Å². The molecule has 1 rings (SSSR count). The molecule has 0 radical (unpaired) electrons. The van der Waals surface area contributed by atoms with Crippen molar-refractivity contribution in [1.29, 1.82) is 0 Å². The quantitative estimate of drug-likeness (QED) is 0.683. The lowest BCUT2D eigenvalue weighted by molar-refractivity contribution is 0.857. The van der Waals surface area contributed by atoms with Crippen LogP contribution in [-0.4, -0.2) is 11.0 Å². The number of anilines is 1. The smallest absolute Gasteiger partial charge is 0.0871 e. The lowest BCUT2D eigenvalue weighted by Gasteiger charge is -2.10. The van der Waals surface area contributed by atoms with Crippen LogP contribution in [0.4, 0.5) is 5.69 Å². The molecule has 0 aliphatic rings. The summed E-state index contributed by atoms with van der Waals surface area (Å²) in [6.45, 7) is 2.05. The molecule has 0 aromatic carbocycles. The van der Waals surface area contributed by atoms with Gasteiger partial charge in [-0.25, -0.2) is 0 Å². The Labute approximate surface area is 73.0 Å². The normalized spacial score (nSPS) is 11.7. The van der Waals surface area contributed by atoms with Gasteiger partial charge in [0.2, 0.25) is 0 Å². The lowest BCUT2D eigenvalue weighted by atomic mass is 10.2. The van der Waals surface area contributed by atoms with Crippen molar-refractivity contribution in [3.8, 4) is 12.3 Å². The summed E-state index contributed by atoms with van der Waals surface area (Å²) in [6, 6.07) is 3.92. The van der Waals surface area contributed by atoms with Crippen LogP contribution in [0, 0.1) is 12.3 Å². The van der Waals surface area contributed by atoms with E-state index < -0.39 is 0 Å². The summed E-state index contributed by atoms with van der Waals surface area (Å²) < 4.78 is 0. The molecular formula is C10H12N2. The minimum atomic E-state index is 0.118. The minimum absolute atomic E-state index is 0.118. The number of rotatable bonds is 3. The van der Waals surface area contributed by atoms with E-state index in [2.05, 4.69) is 23.1 Å². The Bertz CT molecular complexity index is 261. The van der Waals surface area contributed by atoms with E-state index in [9.17, 15) is 0 Å². The van der Waals surface area contributed by atoms with Crippen molar-refractivity contribution in [3.05, 3.63) is 24.5 Å². The molecule has 0 saturated heterocycles. The maximum Gasteiger partial charge on any atom is 0.0871 e. The molecule has 1 aromatic rings. The van der Waals surface area contributed by atoms with Gasteiger partial charge >= 0.3 is 0 Å². The fraction of sp³-hybridized carbons (Fsp3) is 0.300. The summed E-state index contributed by atoms with van der Waals surface area (Å²) in [6.07, 6.45) is 9.72. The Kier molecular flexibility index (Phi) is 3.16. The van der Waals surface area contributed by atoms with Gasteiger partial charge in [-0.15, -0.1) is 6.42 Å². The number of nitrogens with zero attached hydrogens (tertiary/aromatic N) is 1. The Morgan fingerprint density at radius 1 is 1.58 bits per heavy atom. The van der Waals surface area contributed by atoms with Crippen molar-refractivity contribution in [2.45, 2.75) is 19.4 Å². The van der Waals surface area contributed by atoms with Crippen LogP contribution in [0.15, 0.2) is 24.5 Å². The summed E-state index contributed by atoms with van der Waals surface area (Å²) in [5, 5.41) is 3.20. The van der Waals surface area contributed by atoms with Gasteiger partial charge in [0, 0.05) is 18.1 Å². The Morgan fingerprint density at radius 2 is 2.25 bits per heavy atom. The molecular weight excluding hydrogens is 148 g/mol. The predicted octanol–water partition coefficient (Wildman–Crippen LogP) is 1.91. The molecule has 62 valence electrons. The fourth-order valence-corrected chi connectivity index (χ4v) is 0.911. The van der Waals surface area contributed by atoms with Crippen molar-refractivity contribution >= 4 is 5.69 Å². The first kappa shape index (κ1) is 8.61. The van der Waals surface area contributed by atoms with Crippen LogP contribution >= 0.6 is 0 Å². The fourth-order valence-electron chi connectivity index (χ4n) is 0.911. The largest absolute Gasteiger partial charge is 0.371 e. The van der Waals surface area contributed by atoms with Crippen LogP contribution in [0.2, 0.25) is 0 Å². The molecule has 1 N–H and O–H groups in total. The molecule has 2 nitrogen and oxygen atoms in total. The van der Waals surface area contributed by atoms with Crippen LogP contribution in [0.3, 0.4) is 0 Å². The van der Waals surface area contributed by atoms with Gasteiger partial charge in [-0.05, 0) is 18.6 Å². The van der Waals surface area contributed by atoms with Crippen LogP contribution in [0.25, 0.3) is 0 Å². The van der Waals surface area contributed by atoms with E-state index in [1.807, 2.05) is 12.1 Å². The predicted molar refractivity (Wildman–Crippen MR) is 50.8 cm³/mol. The third-order valence-corrected chi connectivity index (χ3v) is 1.63. The van der Waals surface area contributed by atoms with Crippen molar-refractivity contribution < 1.29 is 0 Å².